The van der Waals surface area contributed by atoms with E-state index in [9.17, 15) is 0 Å². The van der Waals surface area contributed by atoms with E-state index in [-0.39, 0.29) is 0 Å². The van der Waals surface area contributed by atoms with Gasteiger partial charge in [0, 0.05) is 38.6 Å². The van der Waals surface area contributed by atoms with E-state index < -0.39 is 0 Å². The summed E-state index contributed by atoms with van der Waals surface area (Å²) < 4.78 is 0. The van der Waals surface area contributed by atoms with Crippen LogP contribution in [0.5, 0.6) is 0 Å². The van der Waals surface area contributed by atoms with Gasteiger partial charge >= 0.3 is 0 Å². The SMILES string of the molecule is CCCC(C)c1ccc2[nH]c3ccc(N(c4ccccc4)c4cccc5ccccc45)cc3c2c1. The van der Waals surface area contributed by atoms with Crippen molar-refractivity contribution in [3.63, 3.8) is 0 Å². The molecule has 0 radical (unpaired) electrons. The highest BCUT2D eigenvalue weighted by molar-refractivity contribution is 6.09. The molecule has 0 aliphatic heterocycles. The number of H-pyrrole nitrogens is 1. The summed E-state index contributed by atoms with van der Waals surface area (Å²) in [7, 11) is 0. The number of para-hydroxylation sites is 1. The molecule has 1 N–H and O–H groups in total. The van der Waals surface area contributed by atoms with Crippen molar-refractivity contribution < 1.29 is 0 Å². The molecule has 2 heteroatoms. The number of rotatable bonds is 6. The first kappa shape index (κ1) is 21.5. The number of nitrogens with one attached hydrogen (secondary N) is 1. The molecule has 35 heavy (non-hydrogen) atoms. The summed E-state index contributed by atoms with van der Waals surface area (Å²) in [6, 6.07) is 39.6. The van der Waals surface area contributed by atoms with Crippen LogP contribution in [0.1, 0.15) is 38.2 Å². The van der Waals surface area contributed by atoms with Crippen molar-refractivity contribution in [2.24, 2.45) is 0 Å². The highest BCUT2D eigenvalue weighted by atomic mass is 15.1. The Labute approximate surface area is 206 Å². The van der Waals surface area contributed by atoms with Crippen molar-refractivity contribution in [3.05, 3.63) is 115 Å². The van der Waals surface area contributed by atoms with Crippen LogP contribution in [0, 0.1) is 0 Å². The summed E-state index contributed by atoms with van der Waals surface area (Å²) in [6.07, 6.45) is 2.41. The Balaban J connectivity index is 1.57. The maximum absolute atomic E-state index is 3.63. The number of aromatic nitrogens is 1. The van der Waals surface area contributed by atoms with Crippen molar-refractivity contribution in [2.75, 3.05) is 4.90 Å². The van der Waals surface area contributed by atoms with Crippen LogP contribution in [0.15, 0.2) is 109 Å². The van der Waals surface area contributed by atoms with Crippen LogP contribution in [0.25, 0.3) is 32.6 Å². The average Bonchev–Trinajstić information content (AvgIpc) is 3.27. The minimum atomic E-state index is 0.564. The summed E-state index contributed by atoms with van der Waals surface area (Å²) >= 11 is 0. The number of nitrogens with zero attached hydrogens (tertiary/aromatic N) is 1. The Morgan fingerprint density at radius 2 is 1.37 bits per heavy atom. The zero-order valence-electron chi connectivity index (χ0n) is 20.3. The Hall–Kier alpha value is -4.04. The summed E-state index contributed by atoms with van der Waals surface area (Å²) in [5.41, 5.74) is 7.29. The van der Waals surface area contributed by atoms with Crippen molar-refractivity contribution in [3.8, 4) is 0 Å². The Bertz CT molecular complexity index is 1620. The Kier molecular flexibility index (Phi) is 5.50. The molecule has 1 unspecified atom stereocenters. The van der Waals surface area contributed by atoms with Crippen LogP contribution in [0.3, 0.4) is 0 Å². The molecule has 0 aliphatic carbocycles. The van der Waals surface area contributed by atoms with Crippen molar-refractivity contribution in [1.82, 2.24) is 4.98 Å². The third-order valence-electron chi connectivity index (χ3n) is 7.18. The molecule has 172 valence electrons. The van der Waals surface area contributed by atoms with E-state index in [4.69, 9.17) is 0 Å². The second-order valence-electron chi connectivity index (χ2n) is 9.52. The lowest BCUT2D eigenvalue weighted by Gasteiger charge is -2.27. The number of benzene rings is 5. The van der Waals surface area contributed by atoms with Crippen LogP contribution in [-0.4, -0.2) is 4.98 Å². The monoisotopic (exact) mass is 454 g/mol. The van der Waals surface area contributed by atoms with Crippen molar-refractivity contribution >= 4 is 49.6 Å². The van der Waals surface area contributed by atoms with Gasteiger partial charge in [0.1, 0.15) is 0 Å². The molecule has 0 spiro atoms. The van der Waals surface area contributed by atoms with Gasteiger partial charge in [-0.25, -0.2) is 0 Å². The molecule has 1 atom stereocenters. The number of hydrogen-bond acceptors (Lipinski definition) is 1. The van der Waals surface area contributed by atoms with Gasteiger partial charge in [0.2, 0.25) is 0 Å². The molecular weight excluding hydrogens is 424 g/mol. The van der Waals surface area contributed by atoms with E-state index in [1.165, 1.54) is 56.7 Å². The Morgan fingerprint density at radius 3 is 2.20 bits per heavy atom. The lowest BCUT2D eigenvalue weighted by Crippen LogP contribution is -2.10. The van der Waals surface area contributed by atoms with E-state index in [0.717, 1.165) is 11.4 Å². The molecule has 0 saturated carbocycles. The standard InChI is InChI=1S/C33H30N2/c1-3-10-23(2)25-17-19-31-29(21-25)30-22-27(18-20-32(30)34-31)35(26-13-5-4-6-14-26)33-16-9-12-24-11-7-8-15-28(24)33/h4-9,11-23,34H,3,10H2,1-2H3. The molecule has 6 aromatic rings. The second-order valence-corrected chi connectivity index (χ2v) is 9.52. The number of hydrogen-bond donors (Lipinski definition) is 1. The predicted octanol–water partition coefficient (Wildman–Crippen LogP) is 9.85. The molecule has 2 nitrogen and oxygen atoms in total. The van der Waals surface area contributed by atoms with Gasteiger partial charge in [-0.1, -0.05) is 80.9 Å². The number of anilines is 3. The predicted molar refractivity (Wildman–Crippen MR) is 151 cm³/mol. The first-order chi connectivity index (χ1) is 17.2. The average molecular weight is 455 g/mol. The number of aromatic amines is 1. The first-order valence-electron chi connectivity index (χ1n) is 12.6. The van der Waals surface area contributed by atoms with Crippen LogP contribution in [0.4, 0.5) is 17.1 Å². The number of fused-ring (bicyclic) bond motifs is 4. The summed E-state index contributed by atoms with van der Waals surface area (Å²) in [5.74, 6) is 0.564. The van der Waals surface area contributed by atoms with Crippen molar-refractivity contribution in [1.29, 1.82) is 0 Å². The van der Waals surface area contributed by atoms with Gasteiger partial charge in [-0.3, -0.25) is 0 Å². The summed E-state index contributed by atoms with van der Waals surface area (Å²) in [6.45, 7) is 4.60. The fourth-order valence-corrected chi connectivity index (χ4v) is 5.36. The van der Waals surface area contributed by atoms with Crippen LogP contribution >= 0.6 is 0 Å². The van der Waals surface area contributed by atoms with Crippen molar-refractivity contribution in [2.45, 2.75) is 32.6 Å². The lowest BCUT2D eigenvalue weighted by molar-refractivity contribution is 0.665. The fraction of sp³-hybridized carbons (Fsp3) is 0.152. The maximum Gasteiger partial charge on any atom is 0.0540 e. The minimum Gasteiger partial charge on any atom is -0.355 e. The molecule has 0 saturated heterocycles. The van der Waals surface area contributed by atoms with Crippen LogP contribution < -0.4 is 4.90 Å². The van der Waals surface area contributed by atoms with Gasteiger partial charge in [0.15, 0.2) is 0 Å². The quantitative estimate of drug-likeness (QED) is 0.265. The molecule has 0 bridgehead atoms. The van der Waals surface area contributed by atoms with E-state index in [0.29, 0.717) is 5.92 Å². The summed E-state index contributed by atoms with van der Waals surface area (Å²) in [5, 5.41) is 5.06. The molecule has 0 fully saturated rings. The molecule has 0 aliphatic rings. The molecule has 0 amide bonds. The normalized spacial score (nSPS) is 12.4. The minimum absolute atomic E-state index is 0.564. The molecule has 6 rings (SSSR count). The first-order valence-corrected chi connectivity index (χ1v) is 12.6. The zero-order chi connectivity index (χ0) is 23.8. The molecule has 1 heterocycles. The summed E-state index contributed by atoms with van der Waals surface area (Å²) in [4.78, 5) is 6.01. The van der Waals surface area contributed by atoms with Gasteiger partial charge < -0.3 is 9.88 Å². The van der Waals surface area contributed by atoms with Gasteiger partial charge in [-0.05, 0) is 71.8 Å². The van der Waals surface area contributed by atoms with E-state index >= 15 is 0 Å². The highest BCUT2D eigenvalue weighted by Crippen LogP contribution is 2.41. The third kappa shape index (κ3) is 3.85. The van der Waals surface area contributed by atoms with E-state index in [2.05, 4.69) is 133 Å². The topological polar surface area (TPSA) is 19.0 Å². The maximum atomic E-state index is 3.63. The van der Waals surface area contributed by atoms with Gasteiger partial charge in [-0.2, -0.15) is 0 Å². The molecule has 5 aromatic carbocycles. The second kappa shape index (κ2) is 8.96. The molecular formula is C33H30N2. The molecule has 1 aromatic heterocycles. The van der Waals surface area contributed by atoms with Gasteiger partial charge in [0.05, 0.1) is 5.69 Å². The van der Waals surface area contributed by atoms with E-state index in [1.54, 1.807) is 0 Å². The fourth-order valence-electron chi connectivity index (χ4n) is 5.36. The van der Waals surface area contributed by atoms with Gasteiger partial charge in [0.25, 0.3) is 0 Å². The van der Waals surface area contributed by atoms with Gasteiger partial charge in [-0.15, -0.1) is 0 Å². The highest BCUT2D eigenvalue weighted by Gasteiger charge is 2.17. The Morgan fingerprint density at radius 1 is 0.657 bits per heavy atom. The largest absolute Gasteiger partial charge is 0.355 e. The zero-order valence-corrected chi connectivity index (χ0v) is 20.3. The third-order valence-corrected chi connectivity index (χ3v) is 7.18. The lowest BCUT2D eigenvalue weighted by atomic mass is 9.95. The van der Waals surface area contributed by atoms with Crippen LogP contribution in [-0.2, 0) is 0 Å². The van der Waals surface area contributed by atoms with Crippen LogP contribution in [0.2, 0.25) is 0 Å². The van der Waals surface area contributed by atoms with E-state index in [1.807, 2.05) is 0 Å². The smallest absolute Gasteiger partial charge is 0.0540 e.